The third-order valence-electron chi connectivity index (χ3n) is 5.12. The molecule has 0 spiro atoms. The van der Waals surface area contributed by atoms with Gasteiger partial charge in [0, 0.05) is 6.42 Å². The molecule has 0 saturated heterocycles. The van der Waals surface area contributed by atoms with Crippen LogP contribution in [0.4, 0.5) is 0 Å². The minimum Gasteiger partial charge on any atom is -0.493 e. The van der Waals surface area contributed by atoms with Crippen molar-refractivity contribution in [1.82, 2.24) is 9.38 Å². The van der Waals surface area contributed by atoms with Gasteiger partial charge in [0.2, 0.25) is 0 Å². The number of imidazole rings is 1. The van der Waals surface area contributed by atoms with Crippen molar-refractivity contribution in [3.63, 3.8) is 0 Å². The van der Waals surface area contributed by atoms with E-state index in [1.54, 1.807) is 4.40 Å². The maximum atomic E-state index is 12.9. The number of aryl methyl sites for hydroxylation is 1. The highest BCUT2D eigenvalue weighted by molar-refractivity contribution is 7.15. The second-order valence-electron chi connectivity index (χ2n) is 7.57. The van der Waals surface area contributed by atoms with Crippen molar-refractivity contribution in [3.8, 4) is 11.5 Å². The summed E-state index contributed by atoms with van der Waals surface area (Å²) in [6.45, 7) is 3.20. The fourth-order valence-corrected chi connectivity index (χ4v) is 4.59. The van der Waals surface area contributed by atoms with Crippen LogP contribution < -0.4 is 19.6 Å². The van der Waals surface area contributed by atoms with Gasteiger partial charge in [-0.15, -0.1) is 0 Å². The molecule has 5 nitrogen and oxygen atoms in total. The topological polar surface area (TPSA) is 52.8 Å². The van der Waals surface area contributed by atoms with Crippen LogP contribution in [0.3, 0.4) is 0 Å². The average Bonchev–Trinajstić information content (AvgIpc) is 3.30. The van der Waals surface area contributed by atoms with Crippen LogP contribution in [-0.4, -0.2) is 22.6 Å². The van der Waals surface area contributed by atoms with E-state index in [1.165, 1.54) is 16.9 Å². The molecule has 0 aliphatic rings. The molecule has 3 aromatic carbocycles. The van der Waals surface area contributed by atoms with Crippen molar-refractivity contribution in [3.05, 3.63) is 98.8 Å². The van der Waals surface area contributed by atoms with E-state index in [4.69, 9.17) is 9.47 Å². The minimum absolute atomic E-state index is 0.0432. The van der Waals surface area contributed by atoms with Gasteiger partial charge in [-0.2, -0.15) is 0 Å². The largest absolute Gasteiger partial charge is 0.493 e. The lowest BCUT2D eigenvalue weighted by atomic mass is 10.2. The third-order valence-corrected chi connectivity index (χ3v) is 6.09. The van der Waals surface area contributed by atoms with Crippen molar-refractivity contribution < 1.29 is 9.47 Å². The van der Waals surface area contributed by atoms with Gasteiger partial charge in [0.05, 0.1) is 28.8 Å². The maximum Gasteiger partial charge on any atom is 0.274 e. The van der Waals surface area contributed by atoms with E-state index in [2.05, 4.69) is 4.98 Å². The van der Waals surface area contributed by atoms with Crippen molar-refractivity contribution in [2.75, 3.05) is 13.2 Å². The first-order chi connectivity index (χ1) is 15.7. The molecule has 160 valence electrons. The molecule has 0 atom stereocenters. The van der Waals surface area contributed by atoms with Crippen LogP contribution >= 0.6 is 11.3 Å². The molecule has 2 aromatic heterocycles. The van der Waals surface area contributed by atoms with Gasteiger partial charge in [0.15, 0.2) is 4.96 Å². The summed E-state index contributed by atoms with van der Waals surface area (Å²) in [6.07, 6.45) is 2.67. The number of fused-ring (bicyclic) bond motifs is 3. The van der Waals surface area contributed by atoms with Crippen molar-refractivity contribution >= 4 is 33.4 Å². The Morgan fingerprint density at radius 2 is 1.69 bits per heavy atom. The number of thiazole rings is 1. The van der Waals surface area contributed by atoms with E-state index in [9.17, 15) is 4.79 Å². The van der Waals surface area contributed by atoms with Crippen LogP contribution in [0.1, 0.15) is 17.5 Å². The third kappa shape index (κ3) is 4.22. The molecule has 0 N–H and O–H groups in total. The summed E-state index contributed by atoms with van der Waals surface area (Å²) >= 11 is 1.40. The van der Waals surface area contributed by atoms with Crippen molar-refractivity contribution in [1.29, 1.82) is 0 Å². The number of benzene rings is 3. The van der Waals surface area contributed by atoms with E-state index in [0.717, 1.165) is 34.5 Å². The second-order valence-corrected chi connectivity index (χ2v) is 8.58. The van der Waals surface area contributed by atoms with Crippen molar-refractivity contribution in [2.45, 2.75) is 13.3 Å². The summed E-state index contributed by atoms with van der Waals surface area (Å²) in [5.41, 5.74) is 3.74. The Kier molecular flexibility index (Phi) is 5.60. The number of rotatable bonds is 7. The molecule has 0 amide bonds. The van der Waals surface area contributed by atoms with E-state index < -0.39 is 0 Å². The average molecular weight is 443 g/mol. The lowest BCUT2D eigenvalue weighted by molar-refractivity contribution is 0.247. The number of nitrogens with zero attached hydrogens (tertiary/aromatic N) is 2. The first-order valence-electron chi connectivity index (χ1n) is 10.5. The SMILES string of the molecule is Cc1cccc(OCCCOc2cccc(C=c3sc4nc5ccccc5n4c3=O)c2)c1. The van der Waals surface area contributed by atoms with Gasteiger partial charge in [0.1, 0.15) is 11.5 Å². The number of aromatic nitrogens is 2. The van der Waals surface area contributed by atoms with E-state index in [0.29, 0.717) is 22.7 Å². The van der Waals surface area contributed by atoms with Crippen LogP contribution in [0.15, 0.2) is 77.6 Å². The number of para-hydroxylation sites is 2. The molecule has 5 aromatic rings. The fraction of sp³-hybridized carbons (Fsp3) is 0.154. The molecule has 2 heterocycles. The van der Waals surface area contributed by atoms with Crippen LogP contribution in [-0.2, 0) is 0 Å². The normalized spacial score (nSPS) is 12.0. The maximum absolute atomic E-state index is 12.9. The minimum atomic E-state index is -0.0432. The molecular formula is C26H22N2O3S. The Hall–Kier alpha value is -3.64. The molecule has 5 rings (SSSR count). The zero-order valence-electron chi connectivity index (χ0n) is 17.7. The molecule has 0 fully saturated rings. The summed E-state index contributed by atoms with van der Waals surface area (Å²) in [6, 6.07) is 23.5. The Morgan fingerprint density at radius 1 is 0.938 bits per heavy atom. The summed E-state index contributed by atoms with van der Waals surface area (Å²) in [4.78, 5) is 18.2. The molecule has 0 aliphatic carbocycles. The smallest absolute Gasteiger partial charge is 0.274 e. The predicted molar refractivity (Wildman–Crippen MR) is 129 cm³/mol. The van der Waals surface area contributed by atoms with Crippen LogP contribution in [0.5, 0.6) is 11.5 Å². The Balaban J connectivity index is 1.26. The van der Waals surface area contributed by atoms with Gasteiger partial charge in [-0.05, 0) is 60.5 Å². The summed E-state index contributed by atoms with van der Waals surface area (Å²) < 4.78 is 14.0. The van der Waals surface area contributed by atoms with Crippen LogP contribution in [0.2, 0.25) is 0 Å². The molecular weight excluding hydrogens is 420 g/mol. The van der Waals surface area contributed by atoms with E-state index >= 15 is 0 Å². The summed E-state index contributed by atoms with van der Waals surface area (Å²) in [7, 11) is 0. The highest BCUT2D eigenvalue weighted by atomic mass is 32.1. The highest BCUT2D eigenvalue weighted by Crippen LogP contribution is 2.17. The van der Waals surface area contributed by atoms with Crippen LogP contribution in [0, 0.1) is 6.92 Å². The molecule has 32 heavy (non-hydrogen) atoms. The monoisotopic (exact) mass is 442 g/mol. The van der Waals surface area contributed by atoms with Gasteiger partial charge in [-0.25, -0.2) is 9.38 Å². The quantitative estimate of drug-likeness (QED) is 0.345. The second kappa shape index (κ2) is 8.85. The summed E-state index contributed by atoms with van der Waals surface area (Å²) in [5, 5.41) is 0. The van der Waals surface area contributed by atoms with E-state index in [-0.39, 0.29) is 5.56 Å². The Bertz CT molecular complexity index is 1500. The number of ether oxygens (including phenoxy) is 2. The molecule has 0 aliphatic heterocycles. The van der Waals surface area contributed by atoms with Gasteiger partial charge in [-0.3, -0.25) is 4.79 Å². The number of hydrogen-bond donors (Lipinski definition) is 0. The predicted octanol–water partition coefficient (Wildman–Crippen LogP) is 4.61. The molecule has 0 bridgehead atoms. The highest BCUT2D eigenvalue weighted by Gasteiger charge is 2.10. The van der Waals surface area contributed by atoms with Gasteiger partial charge in [-0.1, -0.05) is 47.7 Å². The van der Waals surface area contributed by atoms with Gasteiger partial charge in [0.25, 0.3) is 5.56 Å². The van der Waals surface area contributed by atoms with Gasteiger partial charge < -0.3 is 9.47 Å². The Labute approximate surface area is 189 Å². The first kappa shape index (κ1) is 20.3. The molecule has 0 unspecified atom stereocenters. The van der Waals surface area contributed by atoms with Gasteiger partial charge >= 0.3 is 0 Å². The molecule has 6 heteroatoms. The van der Waals surface area contributed by atoms with Crippen molar-refractivity contribution in [2.24, 2.45) is 0 Å². The standard InChI is InChI=1S/C26H22N2O3S/c1-18-7-4-9-20(15-18)30-13-6-14-31-21-10-5-8-19(16-21)17-24-25(29)28-23-12-3-2-11-22(23)27-26(28)32-24/h2-5,7-12,15-17H,6,13-14H2,1H3. The lowest BCUT2D eigenvalue weighted by Gasteiger charge is -2.09. The lowest BCUT2D eigenvalue weighted by Crippen LogP contribution is -2.22. The number of hydrogen-bond acceptors (Lipinski definition) is 5. The fourth-order valence-electron chi connectivity index (χ4n) is 3.60. The van der Waals surface area contributed by atoms with Crippen LogP contribution in [0.25, 0.3) is 22.1 Å². The molecule has 0 saturated carbocycles. The van der Waals surface area contributed by atoms with E-state index in [1.807, 2.05) is 85.8 Å². The Morgan fingerprint density at radius 3 is 2.50 bits per heavy atom. The zero-order valence-corrected chi connectivity index (χ0v) is 18.5. The summed E-state index contributed by atoms with van der Waals surface area (Å²) in [5.74, 6) is 1.65. The zero-order chi connectivity index (χ0) is 21.9. The first-order valence-corrected chi connectivity index (χ1v) is 11.3. The molecule has 0 radical (unpaired) electrons.